The van der Waals surface area contributed by atoms with E-state index in [1.54, 1.807) is 0 Å². The molecule has 10 rings (SSSR count). The summed E-state index contributed by atoms with van der Waals surface area (Å²) in [6, 6.07) is 54.4. The molecule has 10 aromatic rings. The molecule has 12 nitrogen and oxygen atoms in total. The van der Waals surface area contributed by atoms with Gasteiger partial charge in [-0.15, -0.1) is 9.13 Å². The van der Waals surface area contributed by atoms with Gasteiger partial charge in [-0.25, -0.2) is 9.97 Å². The molecule has 0 bridgehead atoms. The number of nitrogens with zero attached hydrogens (tertiary/aromatic N) is 4. The molecule has 0 saturated heterocycles. The monoisotopic (exact) mass is 906 g/mol. The molecule has 0 unspecified atom stereocenters. The van der Waals surface area contributed by atoms with Gasteiger partial charge >= 0.3 is 0 Å². The van der Waals surface area contributed by atoms with Crippen LogP contribution < -0.4 is 31.2 Å². The van der Waals surface area contributed by atoms with Crippen LogP contribution in [0, 0.1) is 41.5 Å². The molecule has 336 valence electrons. The van der Waals surface area contributed by atoms with E-state index in [0.717, 1.165) is 112 Å². The maximum absolute atomic E-state index is 8.52. The van der Waals surface area contributed by atoms with Crippen LogP contribution in [-0.4, -0.2) is 27.5 Å². The number of aryl methyl sites for hydroxylation is 6. The molecule has 0 aliphatic heterocycles. The molecular weight excluding hydrogens is 857 g/mol. The maximum Gasteiger partial charge on any atom is 0.239 e. The van der Waals surface area contributed by atoms with Gasteiger partial charge in [-0.05, 0) is 112 Å². The van der Waals surface area contributed by atoms with E-state index in [-0.39, 0.29) is 0 Å². The van der Waals surface area contributed by atoms with Crippen LogP contribution in [0.15, 0.2) is 158 Å². The minimum Gasteiger partial charge on any atom is -0.759 e. The van der Waals surface area contributed by atoms with Gasteiger partial charge in [0.2, 0.25) is 33.4 Å². The smallest absolute Gasteiger partial charge is 0.239 e. The fraction of sp³-hybridized carbons (Fsp3) is 0.111. The molecular formula is C54H50N8O4S. The molecule has 0 spiro atoms. The summed E-state index contributed by atoms with van der Waals surface area (Å²) in [4.78, 5) is 9.98. The fourth-order valence-corrected chi connectivity index (χ4v) is 7.92. The van der Waals surface area contributed by atoms with Crippen molar-refractivity contribution in [1.82, 2.24) is 9.97 Å². The van der Waals surface area contributed by atoms with E-state index >= 15 is 0 Å². The van der Waals surface area contributed by atoms with Crippen LogP contribution in [0.1, 0.15) is 33.4 Å². The number of nitrogens with one attached hydrogen (secondary N) is 2. The van der Waals surface area contributed by atoms with Crippen molar-refractivity contribution in [3.63, 3.8) is 0 Å². The number of aromatic nitrogens is 4. The zero-order valence-corrected chi connectivity index (χ0v) is 38.8. The quantitative estimate of drug-likeness (QED) is 0.0411. The standard InChI is InChI=1S/2C27H24N4.H2O4S/c2*1-17-9-11-21(12-10-17)31-26-15-22(28)18(2)13-24(26)30-25-14-19(3)23(16-27(25)31)29-20-7-5-4-6-8-20;1-5(2,3)4/h2*4-16H,1-3H3,(H2,28,29);(H2,1,2,3,4). The number of para-hydroxylation sites is 2. The lowest BCUT2D eigenvalue weighted by atomic mass is 10.1. The summed E-state index contributed by atoms with van der Waals surface area (Å²) >= 11 is 0. The Bertz CT molecular complexity index is 3340. The van der Waals surface area contributed by atoms with Crippen molar-refractivity contribution in [3.05, 3.63) is 191 Å². The summed E-state index contributed by atoms with van der Waals surface area (Å²) in [5, 5.41) is 7.11. The first-order chi connectivity index (χ1) is 32.0. The second-order valence-corrected chi connectivity index (χ2v) is 17.5. The molecule has 0 radical (unpaired) electrons. The summed E-state index contributed by atoms with van der Waals surface area (Å²) in [5.74, 6) is 0. The Morgan fingerprint density at radius 3 is 1.06 bits per heavy atom. The molecule has 6 N–H and O–H groups in total. The van der Waals surface area contributed by atoms with Crippen LogP contribution in [0.5, 0.6) is 0 Å². The van der Waals surface area contributed by atoms with Crippen LogP contribution in [0.4, 0.5) is 34.1 Å². The van der Waals surface area contributed by atoms with Crippen molar-refractivity contribution in [2.24, 2.45) is 0 Å². The Balaban J connectivity index is 0.000000165. The molecule has 8 aromatic carbocycles. The normalized spacial score (nSPS) is 11.2. The van der Waals surface area contributed by atoms with Crippen molar-refractivity contribution >= 4 is 88.7 Å². The number of fused-ring (bicyclic) bond motifs is 4. The molecule has 0 amide bonds. The van der Waals surface area contributed by atoms with Gasteiger partial charge in [0, 0.05) is 93.1 Å². The first-order valence-corrected chi connectivity index (χ1v) is 22.9. The van der Waals surface area contributed by atoms with E-state index in [2.05, 4.69) is 157 Å². The number of nitrogen functional groups attached to an aromatic ring is 2. The third-order valence-electron chi connectivity index (χ3n) is 11.5. The number of nitrogens with two attached hydrogens (primary N) is 2. The van der Waals surface area contributed by atoms with E-state index in [9.17, 15) is 0 Å². The number of rotatable bonds is 6. The van der Waals surface area contributed by atoms with Crippen LogP contribution in [0.25, 0.3) is 55.5 Å². The van der Waals surface area contributed by atoms with Gasteiger partial charge in [0.05, 0.1) is 0 Å². The van der Waals surface area contributed by atoms with E-state index in [4.69, 9.17) is 39.0 Å². The molecule has 2 heterocycles. The second-order valence-electron chi connectivity index (χ2n) is 16.7. The molecule has 0 saturated carbocycles. The molecule has 2 aromatic heterocycles. The lowest BCUT2D eigenvalue weighted by Gasteiger charge is -2.12. The van der Waals surface area contributed by atoms with Gasteiger partial charge in [0.25, 0.3) is 0 Å². The second kappa shape index (κ2) is 18.9. The van der Waals surface area contributed by atoms with Crippen LogP contribution in [0.2, 0.25) is 0 Å². The van der Waals surface area contributed by atoms with Crippen molar-refractivity contribution in [2.45, 2.75) is 41.5 Å². The van der Waals surface area contributed by atoms with Crippen molar-refractivity contribution in [1.29, 1.82) is 0 Å². The average molecular weight is 907 g/mol. The highest BCUT2D eigenvalue weighted by atomic mass is 32.3. The van der Waals surface area contributed by atoms with E-state index < -0.39 is 10.4 Å². The maximum atomic E-state index is 8.52. The molecule has 67 heavy (non-hydrogen) atoms. The average Bonchev–Trinajstić information content (AvgIpc) is 3.28. The molecule has 0 aliphatic carbocycles. The molecule has 13 heteroatoms. The van der Waals surface area contributed by atoms with Gasteiger partial charge < -0.3 is 31.2 Å². The molecule has 0 atom stereocenters. The van der Waals surface area contributed by atoms with Gasteiger partial charge in [-0.3, -0.25) is 8.42 Å². The van der Waals surface area contributed by atoms with Gasteiger partial charge in [0.1, 0.15) is 22.1 Å². The van der Waals surface area contributed by atoms with Gasteiger partial charge in [-0.1, -0.05) is 71.8 Å². The topological polar surface area (TPSA) is 190 Å². The fourth-order valence-electron chi connectivity index (χ4n) is 7.92. The highest BCUT2D eigenvalue weighted by molar-refractivity contribution is 7.79. The van der Waals surface area contributed by atoms with E-state index in [1.807, 2.05) is 62.4 Å². The Morgan fingerprint density at radius 2 is 0.731 bits per heavy atom. The predicted octanol–water partition coefficient (Wildman–Crippen LogP) is 10.5. The minimum absolute atomic E-state index is 0.768. The molecule has 0 aliphatic rings. The third kappa shape index (κ3) is 10.5. The van der Waals surface area contributed by atoms with E-state index in [0.29, 0.717) is 0 Å². The van der Waals surface area contributed by atoms with Crippen molar-refractivity contribution < 1.29 is 26.7 Å². The van der Waals surface area contributed by atoms with Gasteiger partial charge in [0.15, 0.2) is 0 Å². The summed E-state index contributed by atoms with van der Waals surface area (Å²) in [7, 11) is -5.17. The Labute approximate surface area is 389 Å². The van der Waals surface area contributed by atoms with E-state index in [1.165, 1.54) is 11.1 Å². The minimum atomic E-state index is -5.17. The number of benzene rings is 8. The molecule has 0 fully saturated rings. The number of hydrogen-bond acceptors (Lipinski definition) is 10. The van der Waals surface area contributed by atoms with Crippen molar-refractivity contribution in [3.8, 4) is 11.4 Å². The summed E-state index contributed by atoms with van der Waals surface area (Å²) in [6.07, 6.45) is 0. The van der Waals surface area contributed by atoms with Gasteiger partial charge in [-0.2, -0.15) is 0 Å². The Morgan fingerprint density at radius 1 is 0.433 bits per heavy atom. The number of hydrogen-bond donors (Lipinski definition) is 4. The highest BCUT2D eigenvalue weighted by Crippen LogP contribution is 2.30. The summed E-state index contributed by atoms with van der Waals surface area (Å²) in [5.41, 5.74) is 35.2. The summed E-state index contributed by atoms with van der Waals surface area (Å²) < 4.78 is 38.6. The lowest BCUT2D eigenvalue weighted by Crippen LogP contribution is -2.33. The number of anilines is 6. The zero-order valence-electron chi connectivity index (χ0n) is 38.0. The Hall–Kier alpha value is -7.97. The first kappa shape index (κ1) is 45.6. The largest absolute Gasteiger partial charge is 0.759 e. The van der Waals surface area contributed by atoms with Crippen LogP contribution in [-0.2, 0) is 10.4 Å². The zero-order chi connectivity index (χ0) is 47.6. The van der Waals surface area contributed by atoms with Crippen molar-refractivity contribution in [2.75, 3.05) is 22.1 Å². The third-order valence-corrected chi connectivity index (χ3v) is 11.5. The van der Waals surface area contributed by atoms with Crippen LogP contribution in [0.3, 0.4) is 0 Å². The first-order valence-electron chi connectivity index (χ1n) is 21.6. The Kier molecular flexibility index (Phi) is 12.8. The predicted molar refractivity (Wildman–Crippen MR) is 269 cm³/mol. The van der Waals surface area contributed by atoms with Crippen LogP contribution >= 0.6 is 0 Å². The SMILES string of the molecule is Cc1ccc(-[n+]2c3cc(N)c(C)cc3nc3cc(C)c(Nc4ccccc4)cc32)cc1.Cc1ccc(-[n+]2c3cc(N)c(C)cc3nc3cc(C)c(Nc4ccccc4)cc32)cc1.O=S(=O)([O-])[O-]. The lowest BCUT2D eigenvalue weighted by molar-refractivity contribution is -0.538. The summed E-state index contributed by atoms with van der Waals surface area (Å²) in [6.45, 7) is 12.5. The highest BCUT2D eigenvalue weighted by Gasteiger charge is 2.24.